The quantitative estimate of drug-likeness (QED) is 0.387. The summed E-state index contributed by atoms with van der Waals surface area (Å²) < 4.78 is 52.4. The zero-order valence-corrected chi connectivity index (χ0v) is 17.5. The van der Waals surface area contributed by atoms with Crippen LogP contribution in [-0.2, 0) is 0 Å². The minimum Gasteiger partial charge on any atom is -0.711 e. The number of nitrogens with one attached hydrogen (secondary N) is 1. The fourth-order valence-electron chi connectivity index (χ4n) is 2.48. The van der Waals surface area contributed by atoms with Crippen molar-refractivity contribution in [1.82, 2.24) is 4.98 Å². The Morgan fingerprint density at radius 2 is 1.84 bits per heavy atom. The number of methoxy groups -OCH3 is 1. The molecule has 0 saturated heterocycles. The Morgan fingerprint density at radius 1 is 1.12 bits per heavy atom. The fraction of sp³-hybridized carbons (Fsp3) is 0.105. The summed E-state index contributed by atoms with van der Waals surface area (Å²) in [6, 6.07) is 5.60. The first-order valence-electron chi connectivity index (χ1n) is 8.51. The van der Waals surface area contributed by atoms with Crippen molar-refractivity contribution in [2.45, 2.75) is 6.36 Å². The van der Waals surface area contributed by atoms with Crippen LogP contribution in [0.5, 0.6) is 23.0 Å². The van der Waals surface area contributed by atoms with Crippen molar-refractivity contribution in [3.63, 3.8) is 0 Å². The number of nitrogens with zero attached hydrogens (tertiary/aromatic N) is 2. The maximum Gasteiger partial charge on any atom is 0.573 e. The molecule has 3 rings (SSSR count). The van der Waals surface area contributed by atoms with Gasteiger partial charge in [0.2, 0.25) is 0 Å². The van der Waals surface area contributed by atoms with Crippen LogP contribution < -0.4 is 24.3 Å². The summed E-state index contributed by atoms with van der Waals surface area (Å²) in [6.07, 6.45) is -1.59. The van der Waals surface area contributed by atoms with E-state index in [1.54, 1.807) is 0 Å². The molecule has 1 amide bonds. The number of anilines is 1. The van der Waals surface area contributed by atoms with Gasteiger partial charge in [0, 0.05) is 12.1 Å². The van der Waals surface area contributed by atoms with Crippen molar-refractivity contribution < 1.29 is 36.9 Å². The van der Waals surface area contributed by atoms with Crippen molar-refractivity contribution in [3.05, 3.63) is 69.9 Å². The van der Waals surface area contributed by atoms with Crippen LogP contribution in [0.2, 0.25) is 10.0 Å². The Balaban J connectivity index is 1.94. The van der Waals surface area contributed by atoms with Crippen LogP contribution in [0.1, 0.15) is 10.4 Å². The Hall–Kier alpha value is -3.44. The van der Waals surface area contributed by atoms with Crippen LogP contribution in [0.15, 0.2) is 49.1 Å². The summed E-state index contributed by atoms with van der Waals surface area (Å²) in [7, 11) is 1.21. The molecule has 0 saturated carbocycles. The number of amides is 1. The van der Waals surface area contributed by atoms with Gasteiger partial charge < -0.3 is 24.7 Å². The van der Waals surface area contributed by atoms with Gasteiger partial charge in [-0.25, -0.2) is 4.73 Å². The number of alkyl halides is 3. The second-order valence-electron chi connectivity index (χ2n) is 6.02. The van der Waals surface area contributed by atoms with Gasteiger partial charge >= 0.3 is 6.36 Å². The number of aromatic nitrogens is 2. The topological polar surface area (TPSA) is 96.6 Å². The van der Waals surface area contributed by atoms with Crippen LogP contribution in [0.4, 0.5) is 18.9 Å². The van der Waals surface area contributed by atoms with Crippen LogP contribution >= 0.6 is 23.2 Å². The molecule has 0 atom stereocenters. The number of hydrogen-bond donors (Lipinski definition) is 1. The molecule has 1 aromatic heterocycles. The first kappa shape index (κ1) is 23.2. The number of halogens is 5. The minimum atomic E-state index is -4.89. The molecule has 32 heavy (non-hydrogen) atoms. The van der Waals surface area contributed by atoms with Gasteiger partial charge in [0.05, 0.1) is 22.7 Å². The average molecular weight is 490 g/mol. The number of carbonyl (C=O) groups is 1. The van der Waals surface area contributed by atoms with Gasteiger partial charge in [0.15, 0.2) is 17.7 Å². The SMILES string of the molecule is COc1cc(OC(F)(F)F)ccc1Oc1cc(Cl)c(Cl)cc1C(=O)Nc1cnc[n+]([O-])c1. The molecule has 0 radical (unpaired) electrons. The second-order valence-corrected chi connectivity index (χ2v) is 6.83. The average Bonchev–Trinajstić information content (AvgIpc) is 2.70. The molecular formula is C19H12Cl2F3N3O5. The molecule has 0 aliphatic carbocycles. The van der Waals surface area contributed by atoms with Crippen molar-refractivity contribution in [2.24, 2.45) is 0 Å². The fourth-order valence-corrected chi connectivity index (χ4v) is 2.80. The normalized spacial score (nSPS) is 11.1. The second kappa shape index (κ2) is 9.37. The molecule has 168 valence electrons. The summed E-state index contributed by atoms with van der Waals surface area (Å²) in [5.41, 5.74) is 0.00845. The van der Waals surface area contributed by atoms with E-state index in [1.165, 1.54) is 25.4 Å². The van der Waals surface area contributed by atoms with Crippen LogP contribution in [0.25, 0.3) is 0 Å². The lowest BCUT2D eigenvalue weighted by Crippen LogP contribution is -2.26. The first-order chi connectivity index (χ1) is 15.1. The zero-order valence-electron chi connectivity index (χ0n) is 15.9. The Labute approximate surface area is 188 Å². The van der Waals surface area contributed by atoms with E-state index in [4.69, 9.17) is 32.7 Å². The maximum atomic E-state index is 12.8. The Kier molecular flexibility index (Phi) is 6.80. The van der Waals surface area contributed by atoms with Crippen LogP contribution in [-0.4, -0.2) is 24.4 Å². The molecule has 1 heterocycles. The summed E-state index contributed by atoms with van der Waals surface area (Å²) in [5, 5.41) is 13.9. The van der Waals surface area contributed by atoms with Crippen LogP contribution in [0.3, 0.4) is 0 Å². The van der Waals surface area contributed by atoms with E-state index in [9.17, 15) is 23.2 Å². The Bertz CT molecular complexity index is 1160. The van der Waals surface area contributed by atoms with E-state index in [2.05, 4.69) is 15.0 Å². The van der Waals surface area contributed by atoms with E-state index in [0.29, 0.717) is 4.73 Å². The third kappa shape index (κ3) is 5.83. The first-order valence-corrected chi connectivity index (χ1v) is 9.27. The van der Waals surface area contributed by atoms with Gasteiger partial charge in [-0.15, -0.1) is 13.2 Å². The third-order valence-electron chi connectivity index (χ3n) is 3.77. The molecule has 0 bridgehead atoms. The number of ether oxygens (including phenoxy) is 3. The maximum absolute atomic E-state index is 12.8. The number of rotatable bonds is 6. The van der Waals surface area contributed by atoms with E-state index in [0.717, 1.165) is 30.7 Å². The summed E-state index contributed by atoms with van der Waals surface area (Å²) in [5.74, 6) is -1.48. The summed E-state index contributed by atoms with van der Waals surface area (Å²) in [4.78, 5) is 16.4. The molecule has 0 unspecified atom stereocenters. The van der Waals surface area contributed by atoms with Crippen LogP contribution in [0, 0.1) is 5.21 Å². The van der Waals surface area contributed by atoms with Crippen molar-refractivity contribution in [1.29, 1.82) is 0 Å². The van der Waals surface area contributed by atoms with Gasteiger partial charge in [0.25, 0.3) is 12.2 Å². The van der Waals surface area contributed by atoms with Crippen molar-refractivity contribution in [2.75, 3.05) is 12.4 Å². The molecular weight excluding hydrogens is 478 g/mol. The largest absolute Gasteiger partial charge is 0.711 e. The van der Waals surface area contributed by atoms with Gasteiger partial charge in [0.1, 0.15) is 23.4 Å². The molecule has 0 aliphatic rings. The highest BCUT2D eigenvalue weighted by Gasteiger charge is 2.31. The molecule has 8 nitrogen and oxygen atoms in total. The molecule has 0 aliphatic heterocycles. The molecule has 2 aromatic carbocycles. The minimum absolute atomic E-state index is 0.0340. The highest BCUT2D eigenvalue weighted by molar-refractivity contribution is 6.42. The molecule has 0 spiro atoms. The summed E-state index contributed by atoms with van der Waals surface area (Å²) in [6.45, 7) is 0. The zero-order chi connectivity index (χ0) is 23.5. The smallest absolute Gasteiger partial charge is 0.573 e. The van der Waals surface area contributed by atoms with E-state index < -0.39 is 18.0 Å². The summed E-state index contributed by atoms with van der Waals surface area (Å²) >= 11 is 12.1. The highest BCUT2D eigenvalue weighted by atomic mass is 35.5. The van der Waals surface area contributed by atoms with Gasteiger partial charge in [-0.3, -0.25) is 4.79 Å². The van der Waals surface area contributed by atoms with Gasteiger partial charge in [-0.1, -0.05) is 28.2 Å². The third-order valence-corrected chi connectivity index (χ3v) is 4.50. The molecule has 0 fully saturated rings. The number of hydrogen-bond acceptors (Lipinski definition) is 6. The van der Waals surface area contributed by atoms with Crippen molar-refractivity contribution in [3.8, 4) is 23.0 Å². The lowest BCUT2D eigenvalue weighted by Gasteiger charge is -2.16. The number of carbonyl (C=O) groups excluding carboxylic acids is 1. The van der Waals surface area contributed by atoms with Crippen molar-refractivity contribution >= 4 is 34.8 Å². The van der Waals surface area contributed by atoms with E-state index in [1.807, 2.05) is 0 Å². The lowest BCUT2D eigenvalue weighted by atomic mass is 10.1. The predicted octanol–water partition coefficient (Wildman–Crippen LogP) is 4.97. The van der Waals surface area contributed by atoms with Gasteiger partial charge in [-0.2, -0.15) is 0 Å². The highest BCUT2D eigenvalue weighted by Crippen LogP contribution is 2.39. The monoisotopic (exact) mass is 489 g/mol. The van der Waals surface area contributed by atoms with E-state index >= 15 is 0 Å². The number of benzene rings is 2. The molecule has 1 N–H and O–H groups in total. The predicted molar refractivity (Wildman–Crippen MR) is 107 cm³/mol. The van der Waals surface area contributed by atoms with E-state index in [-0.39, 0.29) is 38.5 Å². The standard InChI is InChI=1S/C19H12Cl2F3N3O5/c1-30-17-4-11(32-19(22,23)24)2-3-15(17)31-16-6-14(21)13(20)5-12(16)18(28)26-10-7-25-9-27(29)8-10/h2-9H,1H3,(H,26,28). The Morgan fingerprint density at radius 3 is 2.50 bits per heavy atom. The van der Waals surface area contributed by atoms with Gasteiger partial charge in [-0.05, 0) is 18.2 Å². The molecule has 13 heteroatoms. The lowest BCUT2D eigenvalue weighted by molar-refractivity contribution is -0.608. The molecule has 3 aromatic rings.